The van der Waals surface area contributed by atoms with Gasteiger partial charge in [0.2, 0.25) is 0 Å². The van der Waals surface area contributed by atoms with Gasteiger partial charge in [-0.25, -0.2) is 0 Å². The van der Waals surface area contributed by atoms with Crippen molar-refractivity contribution in [2.24, 2.45) is 11.1 Å². The van der Waals surface area contributed by atoms with Crippen molar-refractivity contribution in [3.63, 3.8) is 0 Å². The molecule has 20 heavy (non-hydrogen) atoms. The third-order valence-electron chi connectivity index (χ3n) is 5.32. The van der Waals surface area contributed by atoms with Crippen LogP contribution in [0.5, 0.6) is 0 Å². The van der Waals surface area contributed by atoms with E-state index >= 15 is 0 Å². The van der Waals surface area contributed by atoms with Crippen LogP contribution in [0.3, 0.4) is 0 Å². The summed E-state index contributed by atoms with van der Waals surface area (Å²) in [7, 11) is 1.80. The van der Waals surface area contributed by atoms with Crippen molar-refractivity contribution < 1.29 is 4.74 Å². The molecule has 0 heterocycles. The molecule has 3 heteroatoms. The van der Waals surface area contributed by atoms with Gasteiger partial charge in [-0.2, -0.15) is 0 Å². The summed E-state index contributed by atoms with van der Waals surface area (Å²) in [5, 5.41) is 0. The SMILES string of the molecule is CCC(CC)N(CCOC)CCC1(CN)CCCCC1. The smallest absolute Gasteiger partial charge is 0.0589 e. The third-order valence-corrected chi connectivity index (χ3v) is 5.32. The van der Waals surface area contributed by atoms with Crippen molar-refractivity contribution >= 4 is 0 Å². The van der Waals surface area contributed by atoms with Gasteiger partial charge in [0.25, 0.3) is 0 Å². The van der Waals surface area contributed by atoms with Crippen LogP contribution >= 0.6 is 0 Å². The van der Waals surface area contributed by atoms with Gasteiger partial charge in [0, 0.05) is 19.7 Å². The van der Waals surface area contributed by atoms with Crippen LogP contribution in [0.4, 0.5) is 0 Å². The van der Waals surface area contributed by atoms with E-state index < -0.39 is 0 Å². The average molecular weight is 284 g/mol. The van der Waals surface area contributed by atoms with E-state index in [1.807, 2.05) is 0 Å². The van der Waals surface area contributed by atoms with E-state index in [2.05, 4.69) is 18.7 Å². The fourth-order valence-corrected chi connectivity index (χ4v) is 3.73. The quantitative estimate of drug-likeness (QED) is 0.668. The van der Waals surface area contributed by atoms with E-state index in [1.165, 1.54) is 57.9 Å². The molecule has 1 aliphatic rings. The van der Waals surface area contributed by atoms with Gasteiger partial charge in [-0.3, -0.25) is 4.90 Å². The minimum Gasteiger partial charge on any atom is -0.383 e. The van der Waals surface area contributed by atoms with E-state index in [-0.39, 0.29) is 0 Å². The standard InChI is InChI=1S/C17H36N2O/c1-4-16(5-2)19(13-14-20-3)12-11-17(15-18)9-7-6-8-10-17/h16H,4-15,18H2,1-3H3. The fourth-order valence-electron chi connectivity index (χ4n) is 3.73. The maximum absolute atomic E-state index is 6.12. The van der Waals surface area contributed by atoms with Crippen LogP contribution in [0.2, 0.25) is 0 Å². The van der Waals surface area contributed by atoms with Gasteiger partial charge in [0.1, 0.15) is 0 Å². The first-order chi connectivity index (χ1) is 9.71. The van der Waals surface area contributed by atoms with Crippen LogP contribution in [-0.4, -0.2) is 44.3 Å². The Bertz CT molecular complexity index is 235. The molecule has 0 aliphatic heterocycles. The monoisotopic (exact) mass is 284 g/mol. The van der Waals surface area contributed by atoms with Gasteiger partial charge in [-0.1, -0.05) is 33.1 Å². The number of nitrogens with two attached hydrogens (primary N) is 1. The summed E-state index contributed by atoms with van der Waals surface area (Å²) < 4.78 is 5.29. The van der Waals surface area contributed by atoms with Crippen LogP contribution in [0.15, 0.2) is 0 Å². The topological polar surface area (TPSA) is 38.5 Å². The molecule has 0 aromatic rings. The first-order valence-electron chi connectivity index (χ1n) is 8.64. The molecule has 0 unspecified atom stereocenters. The fraction of sp³-hybridized carbons (Fsp3) is 1.00. The Morgan fingerprint density at radius 2 is 1.75 bits per heavy atom. The van der Waals surface area contributed by atoms with Crippen LogP contribution in [0.1, 0.15) is 65.2 Å². The first kappa shape index (κ1) is 17.9. The number of nitrogens with zero attached hydrogens (tertiary/aromatic N) is 1. The van der Waals surface area contributed by atoms with E-state index in [1.54, 1.807) is 7.11 Å². The molecular weight excluding hydrogens is 248 g/mol. The lowest BCUT2D eigenvalue weighted by Gasteiger charge is -2.39. The van der Waals surface area contributed by atoms with Crippen molar-refractivity contribution in [1.82, 2.24) is 4.90 Å². The maximum Gasteiger partial charge on any atom is 0.0589 e. The lowest BCUT2D eigenvalue weighted by Crippen LogP contribution is -2.42. The van der Waals surface area contributed by atoms with E-state index in [0.717, 1.165) is 19.7 Å². The molecule has 0 bridgehead atoms. The molecule has 0 radical (unpaired) electrons. The van der Waals surface area contributed by atoms with Crippen molar-refractivity contribution in [3.8, 4) is 0 Å². The highest BCUT2D eigenvalue weighted by molar-refractivity contribution is 4.85. The summed E-state index contributed by atoms with van der Waals surface area (Å²) in [6.07, 6.45) is 10.6. The second-order valence-electron chi connectivity index (χ2n) is 6.51. The zero-order valence-corrected chi connectivity index (χ0v) is 14.0. The van der Waals surface area contributed by atoms with Crippen LogP contribution in [0.25, 0.3) is 0 Å². The minimum absolute atomic E-state index is 0.426. The van der Waals surface area contributed by atoms with Gasteiger partial charge in [0.15, 0.2) is 0 Å². The number of methoxy groups -OCH3 is 1. The van der Waals surface area contributed by atoms with Crippen molar-refractivity contribution in [1.29, 1.82) is 0 Å². The molecule has 0 atom stereocenters. The number of hydrogen-bond donors (Lipinski definition) is 1. The molecule has 1 fully saturated rings. The summed E-state index contributed by atoms with van der Waals surface area (Å²) in [6, 6.07) is 0.698. The molecule has 1 rings (SSSR count). The number of hydrogen-bond acceptors (Lipinski definition) is 3. The molecule has 120 valence electrons. The summed E-state index contributed by atoms with van der Waals surface area (Å²) in [5.41, 5.74) is 6.55. The molecule has 3 nitrogen and oxygen atoms in total. The highest BCUT2D eigenvalue weighted by Crippen LogP contribution is 2.38. The van der Waals surface area contributed by atoms with Crippen molar-refractivity contribution in [2.45, 2.75) is 71.3 Å². The normalized spacial score (nSPS) is 18.9. The zero-order valence-electron chi connectivity index (χ0n) is 14.0. The lowest BCUT2D eigenvalue weighted by atomic mass is 9.72. The summed E-state index contributed by atoms with van der Waals surface area (Å²) in [4.78, 5) is 2.63. The number of ether oxygens (including phenoxy) is 1. The largest absolute Gasteiger partial charge is 0.383 e. The molecular formula is C17H36N2O. The second kappa shape index (κ2) is 9.75. The van der Waals surface area contributed by atoms with E-state index in [4.69, 9.17) is 10.5 Å². The molecule has 1 aliphatic carbocycles. The second-order valence-corrected chi connectivity index (χ2v) is 6.51. The molecule has 1 saturated carbocycles. The lowest BCUT2D eigenvalue weighted by molar-refractivity contribution is 0.0882. The summed E-state index contributed by atoms with van der Waals surface area (Å²) >= 11 is 0. The van der Waals surface area contributed by atoms with Gasteiger partial charge in [-0.05, 0) is 50.6 Å². The van der Waals surface area contributed by atoms with E-state index in [9.17, 15) is 0 Å². The minimum atomic E-state index is 0.426. The highest BCUT2D eigenvalue weighted by Gasteiger charge is 2.31. The van der Waals surface area contributed by atoms with Gasteiger partial charge < -0.3 is 10.5 Å². The van der Waals surface area contributed by atoms with Gasteiger partial charge in [0.05, 0.1) is 6.61 Å². The molecule has 0 aromatic carbocycles. The van der Waals surface area contributed by atoms with Gasteiger partial charge in [-0.15, -0.1) is 0 Å². The summed E-state index contributed by atoms with van der Waals surface area (Å²) in [6.45, 7) is 8.55. The predicted octanol–water partition coefficient (Wildman–Crippen LogP) is 3.42. The van der Waals surface area contributed by atoms with E-state index in [0.29, 0.717) is 11.5 Å². The molecule has 0 saturated heterocycles. The Hall–Kier alpha value is -0.120. The van der Waals surface area contributed by atoms with Crippen molar-refractivity contribution in [2.75, 3.05) is 33.4 Å². The molecule has 0 aromatic heterocycles. The van der Waals surface area contributed by atoms with Crippen molar-refractivity contribution in [3.05, 3.63) is 0 Å². The van der Waals surface area contributed by atoms with Crippen LogP contribution in [0, 0.1) is 5.41 Å². The van der Waals surface area contributed by atoms with Crippen LogP contribution < -0.4 is 5.73 Å². The first-order valence-corrected chi connectivity index (χ1v) is 8.64. The maximum atomic E-state index is 6.12. The predicted molar refractivity (Wildman–Crippen MR) is 87.0 cm³/mol. The summed E-state index contributed by atoms with van der Waals surface area (Å²) in [5.74, 6) is 0. The third kappa shape index (κ3) is 5.34. The molecule has 0 amide bonds. The zero-order chi connectivity index (χ0) is 14.8. The Labute approximate surface area is 126 Å². The Balaban J connectivity index is 2.54. The van der Waals surface area contributed by atoms with Gasteiger partial charge >= 0.3 is 0 Å². The Morgan fingerprint density at radius 3 is 2.25 bits per heavy atom. The Morgan fingerprint density at radius 1 is 1.10 bits per heavy atom. The molecule has 2 N–H and O–H groups in total. The molecule has 0 spiro atoms. The Kier molecular flexibility index (Phi) is 8.74. The highest BCUT2D eigenvalue weighted by atomic mass is 16.5. The van der Waals surface area contributed by atoms with Crippen LogP contribution in [-0.2, 0) is 4.74 Å². The number of rotatable bonds is 10. The average Bonchev–Trinajstić information content (AvgIpc) is 2.51.